The Labute approximate surface area is 465 Å². The quantitative estimate of drug-likeness (QED) is 0.0284. The van der Waals surface area contributed by atoms with Gasteiger partial charge in [0.15, 0.2) is 23.4 Å². The number of nitrogens with one attached hydrogen (secondary N) is 1. The molecule has 5 aliphatic rings. The van der Waals surface area contributed by atoms with Gasteiger partial charge >= 0.3 is 17.7 Å². The number of esters is 1. The second-order valence-electron chi connectivity index (χ2n) is 21.4. The van der Waals surface area contributed by atoms with E-state index in [9.17, 15) is 59.7 Å². The number of methoxy groups -OCH3 is 2. The smallest absolute Gasteiger partial charge is 0.329 e. The minimum Gasteiger partial charge on any atom is -0.508 e. The molecule has 4 aliphatic heterocycles. The van der Waals surface area contributed by atoms with Crippen molar-refractivity contribution >= 4 is 68.7 Å². The van der Waals surface area contributed by atoms with Gasteiger partial charge in [-0.15, -0.1) is 0 Å². The zero-order valence-electron chi connectivity index (χ0n) is 46.5. The summed E-state index contributed by atoms with van der Waals surface area (Å²) in [7, 11) is 2.67. The van der Waals surface area contributed by atoms with Crippen molar-refractivity contribution in [2.24, 2.45) is 28.8 Å². The number of carbonyl (C=O) groups is 4. The van der Waals surface area contributed by atoms with Crippen molar-refractivity contribution in [3.63, 3.8) is 0 Å². The molecule has 1 saturated carbocycles. The van der Waals surface area contributed by atoms with Crippen LogP contribution in [0.3, 0.4) is 0 Å². The molecule has 4 aromatic rings. The maximum atomic E-state index is 16.5. The van der Waals surface area contributed by atoms with E-state index in [0.717, 1.165) is 36.4 Å². The Morgan fingerprint density at radius 2 is 1.64 bits per heavy atom. The number of carboxylic acid groups (broad SMARTS) is 1. The summed E-state index contributed by atoms with van der Waals surface area (Å²) in [6.45, 7) is 14.7. The highest BCUT2D eigenvalue weighted by Gasteiger charge is 2.50. The summed E-state index contributed by atoms with van der Waals surface area (Å²) in [5.74, 6) is -13.0. The van der Waals surface area contributed by atoms with Crippen LogP contribution in [0.2, 0.25) is 0 Å². The molecule has 22 nitrogen and oxygen atoms in total. The predicted molar refractivity (Wildman–Crippen MR) is 296 cm³/mol. The third-order valence-corrected chi connectivity index (χ3v) is 16.0. The van der Waals surface area contributed by atoms with Crippen LogP contribution in [-0.4, -0.2) is 145 Å². The lowest BCUT2D eigenvalue weighted by atomic mass is 9.78. The van der Waals surface area contributed by atoms with Gasteiger partial charge in [-0.05, 0) is 38.8 Å². The number of ether oxygens (including phenoxy) is 5. The average molecular weight is 1130 g/mol. The number of phenolic OH excluding ortho intramolecular Hbond substituents is 3. The minimum atomic E-state index is -2.21. The van der Waals surface area contributed by atoms with Gasteiger partial charge in [-0.2, -0.15) is 5.10 Å². The van der Waals surface area contributed by atoms with E-state index in [1.165, 1.54) is 71.2 Å². The predicted octanol–water partition coefficient (Wildman–Crippen LogP) is 6.69. The van der Waals surface area contributed by atoms with Crippen molar-refractivity contribution in [3.8, 4) is 28.7 Å². The number of aliphatic hydroxyl groups is 3. The fraction of sp³-hybridized carbons (Fsp3) is 0.448. The Kier molecular flexibility index (Phi) is 16.6. The number of hydrogen-bond acceptors (Lipinski definition) is 19. The number of ketones is 1. The molecule has 5 heterocycles. The second kappa shape index (κ2) is 22.8. The van der Waals surface area contributed by atoms with Crippen molar-refractivity contribution in [2.75, 3.05) is 44.1 Å². The number of amides is 1. The number of carboxylic acids is 1. The number of phenols is 3. The first-order valence-corrected chi connectivity index (χ1v) is 26.4. The Balaban J connectivity index is 1.24. The topological polar surface area (TPSA) is 309 Å². The number of aliphatic carboxylic acids is 1. The number of fused-ring (bicyclic) bond motifs is 15. The number of halogens is 1. The van der Waals surface area contributed by atoms with E-state index in [0.29, 0.717) is 0 Å². The van der Waals surface area contributed by atoms with Gasteiger partial charge in [0, 0.05) is 79.9 Å². The van der Waals surface area contributed by atoms with Crippen molar-refractivity contribution in [1.29, 1.82) is 0 Å². The van der Waals surface area contributed by atoms with E-state index in [2.05, 4.69) is 17.0 Å². The number of nitrogens with zero attached hydrogens (tertiary/aromatic N) is 4. The van der Waals surface area contributed by atoms with Crippen LogP contribution in [-0.2, 0) is 28.6 Å². The average Bonchev–Trinajstić information content (AvgIpc) is 2.51. The number of piperazine rings is 1. The number of aliphatic hydroxyl groups excluding tert-OH is 3. The maximum Gasteiger partial charge on any atom is 0.329 e. The van der Waals surface area contributed by atoms with Crippen molar-refractivity contribution in [1.82, 2.24) is 9.58 Å². The van der Waals surface area contributed by atoms with Gasteiger partial charge in [0.25, 0.3) is 11.7 Å². The Morgan fingerprint density at radius 1 is 0.951 bits per heavy atom. The number of aromatic hydroxyl groups is 3. The summed E-state index contributed by atoms with van der Waals surface area (Å²) >= 11 is 0. The van der Waals surface area contributed by atoms with E-state index >= 15 is 4.39 Å². The van der Waals surface area contributed by atoms with Crippen LogP contribution < -0.4 is 25.1 Å². The van der Waals surface area contributed by atoms with Gasteiger partial charge in [-0.25, -0.2) is 9.18 Å². The molecule has 1 saturated heterocycles. The van der Waals surface area contributed by atoms with Crippen LogP contribution in [0.25, 0.3) is 27.4 Å². The lowest BCUT2D eigenvalue weighted by Crippen LogP contribution is -2.54. The second-order valence-corrected chi connectivity index (χ2v) is 21.4. The number of Topliss-reactive ketones (excluding diaryl/α,β-unsaturated/α-hetero) is 1. The summed E-state index contributed by atoms with van der Waals surface area (Å²) in [5, 5.41) is 87.8. The number of aromatic nitrogens is 1. The largest absolute Gasteiger partial charge is 0.508 e. The van der Waals surface area contributed by atoms with Crippen LogP contribution >= 0.6 is 0 Å². The summed E-state index contributed by atoms with van der Waals surface area (Å²) in [6, 6.07) is -0.651. The molecule has 1 amide bonds. The first-order valence-electron chi connectivity index (χ1n) is 26.4. The molecule has 81 heavy (non-hydrogen) atoms. The van der Waals surface area contributed by atoms with Gasteiger partial charge < -0.3 is 74.2 Å². The molecule has 434 valence electrons. The van der Waals surface area contributed by atoms with Crippen molar-refractivity contribution in [3.05, 3.63) is 93.3 Å². The normalized spacial score (nSPS) is 28.1. The molecule has 10 atom stereocenters. The number of allylic oxidation sites excluding steroid dienone is 2. The first kappa shape index (κ1) is 59.0. The van der Waals surface area contributed by atoms with Crippen LogP contribution in [0.5, 0.6) is 28.7 Å². The van der Waals surface area contributed by atoms with Crippen LogP contribution in [0.4, 0.5) is 15.8 Å². The SMILES string of the molecule is C=C(O)c1cn(C2CC2)c2c(OC)c(N3CCN(/N=C/c4c5c(O)c6c(O)c(C)c7c(c6c4O)C(=O)[C@@](C)(O/C=C/[C@H](OC)[C@@H](C)[C@@H](OC(C)=O)[C@H](C)[C@H](O)[C@H](C)[C@@H](O)[C@@H](C)/C=C/C=C(/C)C(=O)N5)O7)C(C(=O)O)C3)c(F)cc2c1=O. The number of carbonyl (C=O) groups excluding carboxylic acids is 3. The lowest BCUT2D eigenvalue weighted by molar-refractivity contribution is -0.160. The maximum absolute atomic E-state index is 16.5. The van der Waals surface area contributed by atoms with E-state index in [1.54, 1.807) is 38.3 Å². The van der Waals surface area contributed by atoms with Gasteiger partial charge in [0.1, 0.15) is 34.8 Å². The van der Waals surface area contributed by atoms with Gasteiger partial charge in [-0.1, -0.05) is 52.5 Å². The minimum absolute atomic E-state index is 0.0163. The molecule has 0 spiro atoms. The zero-order valence-corrected chi connectivity index (χ0v) is 46.5. The number of anilines is 2. The number of hydrazone groups is 1. The highest BCUT2D eigenvalue weighted by atomic mass is 19.1. The van der Waals surface area contributed by atoms with Crippen LogP contribution in [0, 0.1) is 36.4 Å². The Hall–Kier alpha value is -8.15. The van der Waals surface area contributed by atoms with Crippen molar-refractivity contribution in [2.45, 2.75) is 111 Å². The van der Waals surface area contributed by atoms with E-state index in [4.69, 9.17) is 23.7 Å². The standard InChI is InChI=1S/C58H68FN5O17/c1-25-13-12-14-26(2)56(74)61-43-35(22-60-64-19-18-62(24-38(64)57(75)76)45-37(59)21-34-44(54(45)78-11)63(33-15-16-33)23-36(31(7)65)49(34)70)50(71)40-41(51(43)72)48(69)30(6)53-42(40)55(73)58(9,81-53)79-20-17-39(77-10)27(3)52(80-32(8)66)29(5)47(68)28(4)46(25)67/h12-14,17,20-23,25,27-29,33,38-39,46-47,52,65,67-69,71-72H,7,15-16,18-19,24H2,1-6,8-11H3,(H,61,74)(H,75,76)/b13-12+,20-17+,26-14-,60-22+/t25-,27+,28+,29+,38?,39-,46-,47+,52+,58-/m0/s1. The van der Waals surface area contributed by atoms with E-state index in [1.807, 2.05) is 0 Å². The van der Waals surface area contributed by atoms with Crippen molar-refractivity contribution < 1.29 is 83.0 Å². The highest BCUT2D eigenvalue weighted by molar-refractivity contribution is 6.24. The van der Waals surface area contributed by atoms with Gasteiger partial charge in [-0.3, -0.25) is 24.2 Å². The van der Waals surface area contributed by atoms with Crippen LogP contribution in [0.15, 0.2) is 64.9 Å². The molecule has 5 bridgehead atoms. The molecular formula is C58H68FN5O17. The number of rotatable bonds is 9. The Morgan fingerprint density at radius 3 is 2.26 bits per heavy atom. The lowest BCUT2D eigenvalue weighted by Gasteiger charge is -2.39. The molecule has 0 radical (unpaired) electrons. The third-order valence-electron chi connectivity index (χ3n) is 16.0. The van der Waals surface area contributed by atoms with Crippen LogP contribution in [0.1, 0.15) is 94.4 Å². The third kappa shape index (κ3) is 10.7. The number of hydrogen-bond donors (Lipinski definition) is 8. The van der Waals surface area contributed by atoms with Gasteiger partial charge in [0.2, 0.25) is 5.43 Å². The summed E-state index contributed by atoms with van der Waals surface area (Å²) in [6.07, 6.45) is 6.62. The molecule has 2 fully saturated rings. The molecule has 3 aromatic carbocycles. The summed E-state index contributed by atoms with van der Waals surface area (Å²) in [4.78, 5) is 69.6. The monoisotopic (exact) mass is 1130 g/mol. The molecule has 23 heteroatoms. The Bertz CT molecular complexity index is 3440. The molecule has 1 aliphatic carbocycles. The van der Waals surface area contributed by atoms with E-state index < -0.39 is 146 Å². The molecular weight excluding hydrogens is 1060 g/mol. The molecule has 1 unspecified atom stereocenters. The summed E-state index contributed by atoms with van der Waals surface area (Å²) in [5.41, 5.74) is -2.14. The fourth-order valence-electron chi connectivity index (χ4n) is 11.1. The molecule has 8 N–H and O–H groups in total. The van der Waals surface area contributed by atoms with E-state index in [-0.39, 0.29) is 69.5 Å². The number of benzene rings is 3. The zero-order chi connectivity index (χ0) is 59.4. The highest BCUT2D eigenvalue weighted by Crippen LogP contribution is 2.55. The molecule has 1 aromatic heterocycles. The fourth-order valence-corrected chi connectivity index (χ4v) is 11.1. The first-order chi connectivity index (χ1) is 38.2. The summed E-state index contributed by atoms with van der Waals surface area (Å²) < 4.78 is 47.7. The number of pyridine rings is 1. The van der Waals surface area contributed by atoms with Gasteiger partial charge in [0.05, 0.1) is 89.7 Å². The molecule has 9 rings (SSSR count).